The van der Waals surface area contributed by atoms with Crippen molar-refractivity contribution in [2.45, 2.75) is 39.8 Å². The van der Waals surface area contributed by atoms with E-state index in [2.05, 4.69) is 36.4 Å². The Hall–Kier alpha value is -1.55. The van der Waals surface area contributed by atoms with Gasteiger partial charge < -0.3 is 5.32 Å². The number of nitrogens with zero attached hydrogens (tertiary/aromatic N) is 3. The molecule has 0 saturated carbocycles. The van der Waals surface area contributed by atoms with Gasteiger partial charge in [-0.1, -0.05) is 16.8 Å². The van der Waals surface area contributed by atoms with E-state index in [4.69, 9.17) is 11.6 Å². The van der Waals surface area contributed by atoms with Crippen LogP contribution in [0.3, 0.4) is 0 Å². The standard InChI is InChI=1S/C14H19ClN4/c1-10-7-11(15)5-6-13(10)16-8-12-9-19(18-17-12)14(2,3)4/h5-7,9,16H,8H2,1-4H3. The molecule has 2 aromatic rings. The highest BCUT2D eigenvalue weighted by Crippen LogP contribution is 2.20. The molecule has 19 heavy (non-hydrogen) atoms. The second-order valence-electron chi connectivity index (χ2n) is 5.64. The number of halogens is 1. The van der Waals surface area contributed by atoms with Gasteiger partial charge in [-0.3, -0.25) is 0 Å². The highest BCUT2D eigenvalue weighted by Gasteiger charge is 2.14. The Morgan fingerprint density at radius 2 is 2.05 bits per heavy atom. The summed E-state index contributed by atoms with van der Waals surface area (Å²) in [5.41, 5.74) is 3.07. The predicted octanol–water partition coefficient (Wildman–Crippen LogP) is 3.61. The van der Waals surface area contributed by atoms with Crippen molar-refractivity contribution in [2.75, 3.05) is 5.32 Å². The van der Waals surface area contributed by atoms with Gasteiger partial charge >= 0.3 is 0 Å². The minimum Gasteiger partial charge on any atom is -0.379 e. The van der Waals surface area contributed by atoms with E-state index in [9.17, 15) is 0 Å². The largest absolute Gasteiger partial charge is 0.379 e. The minimum absolute atomic E-state index is 0.0402. The highest BCUT2D eigenvalue weighted by molar-refractivity contribution is 6.30. The molecule has 102 valence electrons. The first-order chi connectivity index (χ1) is 8.86. The maximum absolute atomic E-state index is 5.93. The van der Waals surface area contributed by atoms with Crippen molar-refractivity contribution in [2.24, 2.45) is 0 Å². The molecule has 4 nitrogen and oxygen atoms in total. The lowest BCUT2D eigenvalue weighted by Crippen LogP contribution is -2.22. The first-order valence-corrected chi connectivity index (χ1v) is 6.66. The molecule has 1 aromatic heterocycles. The van der Waals surface area contributed by atoms with Crippen LogP contribution in [-0.2, 0) is 12.1 Å². The molecule has 5 heteroatoms. The Morgan fingerprint density at radius 3 is 2.63 bits per heavy atom. The molecule has 0 atom stereocenters. The molecule has 1 aromatic carbocycles. The Morgan fingerprint density at radius 1 is 1.32 bits per heavy atom. The van der Waals surface area contributed by atoms with Crippen LogP contribution in [0.2, 0.25) is 5.02 Å². The van der Waals surface area contributed by atoms with Crippen LogP contribution in [0.25, 0.3) is 0 Å². The van der Waals surface area contributed by atoms with Crippen molar-refractivity contribution in [3.63, 3.8) is 0 Å². The molecular weight excluding hydrogens is 260 g/mol. The monoisotopic (exact) mass is 278 g/mol. The number of anilines is 1. The normalized spacial score (nSPS) is 11.6. The Labute approximate surface area is 118 Å². The fourth-order valence-electron chi connectivity index (χ4n) is 1.72. The lowest BCUT2D eigenvalue weighted by Gasteiger charge is -2.17. The molecule has 1 N–H and O–H groups in total. The quantitative estimate of drug-likeness (QED) is 0.933. The molecule has 0 radical (unpaired) electrons. The van der Waals surface area contributed by atoms with Gasteiger partial charge in [0.1, 0.15) is 5.69 Å². The fourth-order valence-corrected chi connectivity index (χ4v) is 1.95. The van der Waals surface area contributed by atoms with Crippen LogP contribution < -0.4 is 5.32 Å². The van der Waals surface area contributed by atoms with Crippen molar-refractivity contribution < 1.29 is 0 Å². The molecule has 0 aliphatic carbocycles. The summed E-state index contributed by atoms with van der Waals surface area (Å²) in [5, 5.41) is 12.4. The molecule has 0 spiro atoms. The summed E-state index contributed by atoms with van der Waals surface area (Å²) in [6.45, 7) is 8.98. The second kappa shape index (κ2) is 5.21. The minimum atomic E-state index is -0.0402. The van der Waals surface area contributed by atoms with Crippen molar-refractivity contribution in [1.29, 1.82) is 0 Å². The van der Waals surface area contributed by atoms with E-state index in [1.807, 2.05) is 36.0 Å². The molecule has 0 aliphatic heterocycles. The SMILES string of the molecule is Cc1cc(Cl)ccc1NCc1cn(C(C)(C)C)nn1. The molecule has 0 saturated heterocycles. The van der Waals surface area contributed by atoms with Gasteiger partial charge in [0.05, 0.1) is 18.3 Å². The summed E-state index contributed by atoms with van der Waals surface area (Å²) < 4.78 is 1.87. The smallest absolute Gasteiger partial charge is 0.102 e. The number of hydrogen-bond acceptors (Lipinski definition) is 3. The first kappa shape index (κ1) is 13.9. The van der Waals surface area contributed by atoms with Gasteiger partial charge in [-0.05, 0) is 51.5 Å². The third-order valence-corrected chi connectivity index (χ3v) is 3.11. The molecule has 0 bridgehead atoms. The zero-order valence-electron chi connectivity index (χ0n) is 11.7. The molecule has 2 rings (SSSR count). The van der Waals surface area contributed by atoms with Crippen molar-refractivity contribution in [3.05, 3.63) is 40.7 Å². The topological polar surface area (TPSA) is 42.7 Å². The average molecular weight is 279 g/mol. The van der Waals surface area contributed by atoms with Gasteiger partial charge in [0.25, 0.3) is 0 Å². The maximum Gasteiger partial charge on any atom is 0.102 e. The molecule has 0 fully saturated rings. The fraction of sp³-hybridized carbons (Fsp3) is 0.429. The van der Waals surface area contributed by atoms with Crippen LogP contribution in [0.1, 0.15) is 32.0 Å². The van der Waals surface area contributed by atoms with E-state index in [1.165, 1.54) is 0 Å². The van der Waals surface area contributed by atoms with Crippen LogP contribution in [0.5, 0.6) is 0 Å². The summed E-state index contributed by atoms with van der Waals surface area (Å²) >= 11 is 5.93. The summed E-state index contributed by atoms with van der Waals surface area (Å²) in [6, 6.07) is 5.80. The van der Waals surface area contributed by atoms with Crippen LogP contribution in [0, 0.1) is 6.92 Å². The average Bonchev–Trinajstić information content (AvgIpc) is 2.76. The van der Waals surface area contributed by atoms with Crippen LogP contribution in [0.4, 0.5) is 5.69 Å². The van der Waals surface area contributed by atoms with Gasteiger partial charge in [0, 0.05) is 10.7 Å². The Balaban J connectivity index is 2.04. The van der Waals surface area contributed by atoms with Gasteiger partial charge in [-0.2, -0.15) is 0 Å². The third kappa shape index (κ3) is 3.47. The number of aromatic nitrogens is 3. The molecule has 0 unspecified atom stereocenters. The molecule has 0 amide bonds. The summed E-state index contributed by atoms with van der Waals surface area (Å²) in [6.07, 6.45) is 1.97. The first-order valence-electron chi connectivity index (χ1n) is 6.28. The predicted molar refractivity (Wildman–Crippen MR) is 78.5 cm³/mol. The lowest BCUT2D eigenvalue weighted by molar-refractivity contribution is 0.347. The van der Waals surface area contributed by atoms with Crippen LogP contribution in [0.15, 0.2) is 24.4 Å². The number of nitrogens with one attached hydrogen (secondary N) is 1. The molecular formula is C14H19ClN4. The van der Waals surface area contributed by atoms with Crippen LogP contribution in [-0.4, -0.2) is 15.0 Å². The van der Waals surface area contributed by atoms with E-state index in [0.717, 1.165) is 22.0 Å². The summed E-state index contributed by atoms with van der Waals surface area (Å²) in [4.78, 5) is 0. The van der Waals surface area contributed by atoms with Gasteiger partial charge in [0.15, 0.2) is 0 Å². The van der Waals surface area contributed by atoms with E-state index >= 15 is 0 Å². The Bertz CT molecular complexity index is 569. The third-order valence-electron chi connectivity index (χ3n) is 2.88. The number of rotatable bonds is 3. The van der Waals surface area contributed by atoms with E-state index < -0.39 is 0 Å². The van der Waals surface area contributed by atoms with E-state index in [1.54, 1.807) is 0 Å². The highest BCUT2D eigenvalue weighted by atomic mass is 35.5. The summed E-state index contributed by atoms with van der Waals surface area (Å²) in [7, 11) is 0. The molecule has 1 heterocycles. The lowest BCUT2D eigenvalue weighted by atomic mass is 10.1. The summed E-state index contributed by atoms with van der Waals surface area (Å²) in [5.74, 6) is 0. The molecule has 0 aliphatic rings. The van der Waals surface area contributed by atoms with Crippen molar-refractivity contribution in [1.82, 2.24) is 15.0 Å². The zero-order chi connectivity index (χ0) is 14.0. The number of aryl methyl sites for hydroxylation is 1. The van der Waals surface area contributed by atoms with E-state index in [-0.39, 0.29) is 5.54 Å². The van der Waals surface area contributed by atoms with Crippen molar-refractivity contribution in [3.8, 4) is 0 Å². The van der Waals surface area contributed by atoms with Gasteiger partial charge in [-0.25, -0.2) is 4.68 Å². The van der Waals surface area contributed by atoms with Gasteiger partial charge in [-0.15, -0.1) is 5.10 Å². The van der Waals surface area contributed by atoms with Crippen molar-refractivity contribution >= 4 is 17.3 Å². The maximum atomic E-state index is 5.93. The zero-order valence-corrected chi connectivity index (χ0v) is 12.5. The van der Waals surface area contributed by atoms with Crippen LogP contribution >= 0.6 is 11.6 Å². The van der Waals surface area contributed by atoms with Gasteiger partial charge in [0.2, 0.25) is 0 Å². The Kier molecular flexibility index (Phi) is 3.80. The second-order valence-corrected chi connectivity index (χ2v) is 6.07. The van der Waals surface area contributed by atoms with E-state index in [0.29, 0.717) is 6.54 Å². The number of benzene rings is 1. The number of hydrogen-bond donors (Lipinski definition) is 1.